The fourth-order valence-corrected chi connectivity index (χ4v) is 2.86. The van der Waals surface area contributed by atoms with E-state index in [1.807, 2.05) is 0 Å². The molecule has 6 heteroatoms. The van der Waals surface area contributed by atoms with Crippen molar-refractivity contribution in [2.45, 2.75) is 26.4 Å². The quantitative estimate of drug-likeness (QED) is 0.836. The third-order valence-corrected chi connectivity index (χ3v) is 4.18. The maximum absolute atomic E-state index is 14.2. The van der Waals surface area contributed by atoms with Crippen LogP contribution in [0.5, 0.6) is 11.5 Å². The maximum Gasteiger partial charge on any atom is 0.306 e. The molecule has 2 aromatic carbocycles. The molecule has 0 aromatic heterocycles. The van der Waals surface area contributed by atoms with Gasteiger partial charge in [0.1, 0.15) is 23.9 Å². The smallest absolute Gasteiger partial charge is 0.306 e. The van der Waals surface area contributed by atoms with Crippen molar-refractivity contribution in [3.8, 4) is 11.5 Å². The molecule has 1 atom stereocenters. The van der Waals surface area contributed by atoms with Gasteiger partial charge in [0.05, 0.1) is 5.92 Å². The van der Waals surface area contributed by atoms with Crippen LogP contribution < -0.4 is 9.47 Å². The Hall–Kier alpha value is -2.89. The number of halogens is 2. The molecular weight excluding hydrogens is 342 g/mol. The minimum atomic E-state index is -0.938. The standard InChI is InChI=1S/C20H18F2O4/c1-11(20(23)24)5-13-3-4-18(17(22)7-13)25-10-15-9-16(21)8-14-6-12(2)26-19(14)15/h3-4,7-9,11H,2,5-6,10H2,1H3,(H,23,24). The second-order valence-corrected chi connectivity index (χ2v) is 6.37. The molecule has 1 N–H and O–H groups in total. The highest BCUT2D eigenvalue weighted by molar-refractivity contribution is 5.69. The van der Waals surface area contributed by atoms with E-state index in [2.05, 4.69) is 6.58 Å². The Bertz CT molecular complexity index is 876. The fourth-order valence-electron chi connectivity index (χ4n) is 2.86. The van der Waals surface area contributed by atoms with Gasteiger partial charge in [0, 0.05) is 17.5 Å². The van der Waals surface area contributed by atoms with Crippen molar-refractivity contribution in [1.29, 1.82) is 0 Å². The molecule has 1 unspecified atom stereocenters. The first-order valence-corrected chi connectivity index (χ1v) is 8.14. The van der Waals surface area contributed by atoms with E-state index in [0.717, 1.165) is 0 Å². The van der Waals surface area contributed by atoms with Crippen LogP contribution in [0.1, 0.15) is 23.6 Å². The van der Waals surface area contributed by atoms with E-state index < -0.39 is 23.5 Å². The molecule has 1 aliphatic heterocycles. The largest absolute Gasteiger partial charge is 0.486 e. The summed E-state index contributed by atoms with van der Waals surface area (Å²) in [5.41, 5.74) is 1.73. The van der Waals surface area contributed by atoms with Crippen LogP contribution >= 0.6 is 0 Å². The summed E-state index contributed by atoms with van der Waals surface area (Å²) in [6.07, 6.45) is 0.658. The van der Waals surface area contributed by atoms with Crippen molar-refractivity contribution in [1.82, 2.24) is 0 Å². The Kier molecular flexibility index (Phi) is 4.93. The Morgan fingerprint density at radius 1 is 1.35 bits per heavy atom. The molecule has 26 heavy (non-hydrogen) atoms. The van der Waals surface area contributed by atoms with Gasteiger partial charge in [0.2, 0.25) is 0 Å². The van der Waals surface area contributed by atoms with Gasteiger partial charge < -0.3 is 14.6 Å². The molecule has 0 radical (unpaired) electrons. The lowest BCUT2D eigenvalue weighted by atomic mass is 10.0. The van der Waals surface area contributed by atoms with Gasteiger partial charge >= 0.3 is 5.97 Å². The number of allylic oxidation sites excluding steroid dienone is 1. The van der Waals surface area contributed by atoms with Gasteiger partial charge in [-0.05, 0) is 36.2 Å². The van der Waals surface area contributed by atoms with Crippen molar-refractivity contribution < 1.29 is 28.2 Å². The first-order valence-electron chi connectivity index (χ1n) is 8.14. The second-order valence-electron chi connectivity index (χ2n) is 6.37. The predicted octanol–water partition coefficient (Wildman–Crippen LogP) is 4.26. The van der Waals surface area contributed by atoms with Gasteiger partial charge in [0.15, 0.2) is 11.6 Å². The number of hydrogen-bond acceptors (Lipinski definition) is 3. The molecule has 4 nitrogen and oxygen atoms in total. The Morgan fingerprint density at radius 3 is 2.81 bits per heavy atom. The lowest BCUT2D eigenvalue weighted by Gasteiger charge is -2.12. The normalized spacial score (nSPS) is 13.9. The molecule has 0 spiro atoms. The van der Waals surface area contributed by atoms with E-state index in [1.54, 1.807) is 13.0 Å². The predicted molar refractivity (Wildman–Crippen MR) is 91.1 cm³/mol. The van der Waals surface area contributed by atoms with Gasteiger partial charge in [-0.2, -0.15) is 0 Å². The van der Waals surface area contributed by atoms with E-state index in [9.17, 15) is 13.6 Å². The summed E-state index contributed by atoms with van der Waals surface area (Å²) in [5.74, 6) is -1.53. The number of rotatable bonds is 6. The highest BCUT2D eigenvalue weighted by Crippen LogP contribution is 2.35. The third-order valence-electron chi connectivity index (χ3n) is 4.18. The Labute approximate surface area is 149 Å². The minimum absolute atomic E-state index is 0.00608. The molecule has 0 amide bonds. The highest BCUT2D eigenvalue weighted by Gasteiger charge is 2.21. The molecule has 1 aliphatic rings. The molecule has 0 saturated carbocycles. The Morgan fingerprint density at radius 2 is 2.12 bits per heavy atom. The molecule has 0 fully saturated rings. The summed E-state index contributed by atoms with van der Waals surface area (Å²) in [7, 11) is 0. The highest BCUT2D eigenvalue weighted by atomic mass is 19.1. The molecular formula is C20H18F2O4. The molecule has 0 bridgehead atoms. The molecule has 2 aromatic rings. The first kappa shape index (κ1) is 17.9. The molecule has 0 aliphatic carbocycles. The first-order chi connectivity index (χ1) is 12.3. The van der Waals surface area contributed by atoms with Crippen LogP contribution in [-0.4, -0.2) is 11.1 Å². The number of ether oxygens (including phenoxy) is 2. The van der Waals surface area contributed by atoms with Crippen molar-refractivity contribution in [2.24, 2.45) is 5.92 Å². The van der Waals surface area contributed by atoms with E-state index in [4.69, 9.17) is 14.6 Å². The number of fused-ring (bicyclic) bond motifs is 1. The summed E-state index contributed by atoms with van der Waals surface area (Å²) >= 11 is 0. The van der Waals surface area contributed by atoms with E-state index in [-0.39, 0.29) is 18.8 Å². The lowest BCUT2D eigenvalue weighted by Crippen LogP contribution is -2.12. The zero-order valence-corrected chi connectivity index (χ0v) is 14.2. The summed E-state index contributed by atoms with van der Waals surface area (Å²) in [6.45, 7) is 5.23. The summed E-state index contributed by atoms with van der Waals surface area (Å²) in [6, 6.07) is 6.99. The van der Waals surface area contributed by atoms with Crippen molar-refractivity contribution in [3.05, 3.63) is 71.0 Å². The fraction of sp³-hybridized carbons (Fsp3) is 0.250. The Balaban J connectivity index is 1.73. The average molecular weight is 360 g/mol. The monoisotopic (exact) mass is 360 g/mol. The number of benzene rings is 2. The van der Waals surface area contributed by atoms with Crippen LogP contribution in [0.25, 0.3) is 0 Å². The van der Waals surface area contributed by atoms with Crippen molar-refractivity contribution in [3.63, 3.8) is 0 Å². The second kappa shape index (κ2) is 7.15. The van der Waals surface area contributed by atoms with Crippen molar-refractivity contribution >= 4 is 5.97 Å². The molecule has 3 rings (SSSR count). The van der Waals surface area contributed by atoms with Crippen LogP contribution in [0, 0.1) is 17.6 Å². The van der Waals surface area contributed by atoms with Crippen molar-refractivity contribution in [2.75, 3.05) is 0 Å². The van der Waals surface area contributed by atoms with Gasteiger partial charge in [-0.3, -0.25) is 4.79 Å². The molecule has 0 saturated heterocycles. The molecule has 136 valence electrons. The number of hydrogen-bond donors (Lipinski definition) is 1. The van der Waals surface area contributed by atoms with Gasteiger partial charge in [-0.1, -0.05) is 19.6 Å². The van der Waals surface area contributed by atoms with Crippen LogP contribution in [0.3, 0.4) is 0 Å². The number of carboxylic acids is 1. The zero-order chi connectivity index (χ0) is 18.8. The van der Waals surface area contributed by atoms with Gasteiger partial charge in [-0.25, -0.2) is 8.78 Å². The lowest BCUT2D eigenvalue weighted by molar-refractivity contribution is -0.141. The SMILES string of the molecule is C=C1Cc2cc(F)cc(COc3ccc(CC(C)C(=O)O)cc3F)c2O1. The summed E-state index contributed by atoms with van der Waals surface area (Å²) in [5, 5.41) is 8.93. The number of carbonyl (C=O) groups is 1. The van der Waals surface area contributed by atoms with Crippen LogP contribution in [0.2, 0.25) is 0 Å². The minimum Gasteiger partial charge on any atom is -0.486 e. The maximum atomic E-state index is 14.2. The van der Waals surface area contributed by atoms with E-state index >= 15 is 0 Å². The number of carboxylic acid groups (broad SMARTS) is 1. The summed E-state index contributed by atoms with van der Waals surface area (Å²) < 4.78 is 38.9. The number of aliphatic carboxylic acids is 1. The van der Waals surface area contributed by atoms with Crippen LogP contribution in [0.15, 0.2) is 42.7 Å². The summed E-state index contributed by atoms with van der Waals surface area (Å²) in [4.78, 5) is 10.9. The third kappa shape index (κ3) is 3.85. The van der Waals surface area contributed by atoms with Gasteiger partial charge in [-0.15, -0.1) is 0 Å². The topological polar surface area (TPSA) is 55.8 Å². The van der Waals surface area contributed by atoms with Crippen LogP contribution in [0.4, 0.5) is 8.78 Å². The van der Waals surface area contributed by atoms with E-state index in [0.29, 0.717) is 34.6 Å². The van der Waals surface area contributed by atoms with Gasteiger partial charge in [0.25, 0.3) is 0 Å². The zero-order valence-electron chi connectivity index (χ0n) is 14.2. The molecule has 1 heterocycles. The average Bonchev–Trinajstić information content (AvgIpc) is 2.93. The van der Waals surface area contributed by atoms with E-state index in [1.165, 1.54) is 24.3 Å². The van der Waals surface area contributed by atoms with Crippen LogP contribution in [-0.2, 0) is 24.2 Å².